The van der Waals surface area contributed by atoms with Gasteiger partial charge in [0.05, 0.1) is 0 Å². The average molecular weight is 572 g/mol. The minimum atomic E-state index is -1.16. The van der Waals surface area contributed by atoms with Crippen molar-refractivity contribution in [1.29, 1.82) is 0 Å². The van der Waals surface area contributed by atoms with E-state index in [0.717, 1.165) is 20.3 Å². The number of benzene rings is 3. The van der Waals surface area contributed by atoms with Crippen molar-refractivity contribution < 1.29 is 24.2 Å². The number of carbonyl (C=O) groups excluding carboxylic acids is 2. The molecule has 0 unspecified atom stereocenters. The van der Waals surface area contributed by atoms with Gasteiger partial charge < -0.3 is 20.5 Å². The van der Waals surface area contributed by atoms with E-state index in [2.05, 4.69) is 33.2 Å². The molecule has 0 bridgehead atoms. The summed E-state index contributed by atoms with van der Waals surface area (Å²) in [6.07, 6.45) is -0.457. The molecule has 2 amide bonds. The van der Waals surface area contributed by atoms with Crippen molar-refractivity contribution in [2.75, 3.05) is 0 Å². The predicted molar refractivity (Wildman–Crippen MR) is 136 cm³/mol. The molecule has 7 nitrogen and oxygen atoms in total. The van der Waals surface area contributed by atoms with Gasteiger partial charge in [0, 0.05) is 16.4 Å². The Morgan fingerprint density at radius 3 is 1.97 bits per heavy atom. The third-order valence-electron chi connectivity index (χ3n) is 5.05. The van der Waals surface area contributed by atoms with Crippen LogP contribution < -0.4 is 10.6 Å². The number of carboxylic acids is 1. The van der Waals surface area contributed by atoms with Crippen molar-refractivity contribution in [3.63, 3.8) is 0 Å². The number of ether oxygens (including phenoxy) is 1. The van der Waals surface area contributed by atoms with Crippen LogP contribution in [0.15, 0.2) is 84.9 Å². The smallest absolute Gasteiger partial charge is 0.408 e. The Balaban J connectivity index is 1.69. The normalized spacial score (nSPS) is 12.3. The van der Waals surface area contributed by atoms with Crippen molar-refractivity contribution in [2.24, 2.45) is 0 Å². The maximum atomic E-state index is 13.1. The van der Waals surface area contributed by atoms with E-state index >= 15 is 0 Å². The second kappa shape index (κ2) is 12.7. The zero-order chi connectivity index (χ0) is 24.3. The fourth-order valence-electron chi connectivity index (χ4n) is 3.34. The lowest BCUT2D eigenvalue weighted by molar-refractivity contribution is -0.142. The lowest BCUT2D eigenvalue weighted by Gasteiger charge is -2.21. The van der Waals surface area contributed by atoms with Crippen LogP contribution in [-0.2, 0) is 33.8 Å². The number of halogens is 1. The zero-order valence-corrected chi connectivity index (χ0v) is 20.5. The maximum absolute atomic E-state index is 13.1. The van der Waals surface area contributed by atoms with Gasteiger partial charge in [-0.25, -0.2) is 9.59 Å². The number of aliphatic carboxylic acids is 1. The molecule has 0 spiro atoms. The van der Waals surface area contributed by atoms with Crippen LogP contribution in [-0.4, -0.2) is 35.2 Å². The van der Waals surface area contributed by atoms with Crippen LogP contribution >= 0.6 is 22.6 Å². The van der Waals surface area contributed by atoms with Gasteiger partial charge >= 0.3 is 12.1 Å². The number of nitrogens with one attached hydrogen (secondary N) is 2. The molecule has 0 saturated heterocycles. The minimum absolute atomic E-state index is 0.0523. The quantitative estimate of drug-likeness (QED) is 0.320. The summed E-state index contributed by atoms with van der Waals surface area (Å²) >= 11 is 2.15. The first-order chi connectivity index (χ1) is 16.4. The van der Waals surface area contributed by atoms with E-state index in [9.17, 15) is 19.5 Å². The van der Waals surface area contributed by atoms with Gasteiger partial charge in [0.2, 0.25) is 5.91 Å². The predicted octanol–water partition coefficient (Wildman–Crippen LogP) is 3.94. The summed E-state index contributed by atoms with van der Waals surface area (Å²) in [5.74, 6) is -1.75. The molecule has 2 atom stereocenters. The van der Waals surface area contributed by atoms with E-state index in [-0.39, 0.29) is 19.4 Å². The monoisotopic (exact) mass is 572 g/mol. The molecule has 0 aromatic heterocycles. The van der Waals surface area contributed by atoms with Crippen molar-refractivity contribution >= 4 is 40.6 Å². The van der Waals surface area contributed by atoms with Crippen LogP contribution in [0.2, 0.25) is 0 Å². The van der Waals surface area contributed by atoms with Crippen LogP contribution in [0.4, 0.5) is 4.79 Å². The van der Waals surface area contributed by atoms with Gasteiger partial charge in [0.1, 0.15) is 18.7 Å². The van der Waals surface area contributed by atoms with Crippen molar-refractivity contribution in [2.45, 2.75) is 31.5 Å². The van der Waals surface area contributed by atoms with E-state index in [1.165, 1.54) is 0 Å². The molecule has 0 heterocycles. The molecular formula is C26H25IN2O5. The van der Waals surface area contributed by atoms with E-state index in [0.29, 0.717) is 0 Å². The fraction of sp³-hybridized carbons (Fsp3) is 0.192. The summed E-state index contributed by atoms with van der Waals surface area (Å²) in [5, 5.41) is 14.8. The first kappa shape index (κ1) is 25.2. The largest absolute Gasteiger partial charge is 0.480 e. The Morgan fingerprint density at radius 1 is 0.765 bits per heavy atom. The first-order valence-corrected chi connectivity index (χ1v) is 11.8. The molecular weight excluding hydrogens is 547 g/mol. The van der Waals surface area contributed by atoms with Gasteiger partial charge in [-0.05, 0) is 51.4 Å². The van der Waals surface area contributed by atoms with Crippen LogP contribution in [0.3, 0.4) is 0 Å². The lowest BCUT2D eigenvalue weighted by atomic mass is 10.0. The highest BCUT2D eigenvalue weighted by atomic mass is 127. The van der Waals surface area contributed by atoms with Gasteiger partial charge in [-0.3, -0.25) is 4.79 Å². The van der Waals surface area contributed by atoms with Crippen LogP contribution in [0, 0.1) is 3.57 Å². The highest BCUT2D eigenvalue weighted by Gasteiger charge is 2.27. The zero-order valence-electron chi connectivity index (χ0n) is 18.3. The van der Waals surface area contributed by atoms with Crippen molar-refractivity contribution in [1.82, 2.24) is 10.6 Å². The molecule has 34 heavy (non-hydrogen) atoms. The van der Waals surface area contributed by atoms with E-state index in [4.69, 9.17) is 4.74 Å². The minimum Gasteiger partial charge on any atom is -0.480 e. The Kier molecular flexibility index (Phi) is 9.45. The van der Waals surface area contributed by atoms with Crippen molar-refractivity contribution in [3.8, 4) is 0 Å². The fourth-order valence-corrected chi connectivity index (χ4v) is 3.95. The van der Waals surface area contributed by atoms with Crippen molar-refractivity contribution in [3.05, 3.63) is 105 Å². The number of hydrogen-bond donors (Lipinski definition) is 3. The van der Waals surface area contributed by atoms with Crippen LogP contribution in [0.25, 0.3) is 0 Å². The van der Waals surface area contributed by atoms with Gasteiger partial charge in [-0.15, -0.1) is 0 Å². The van der Waals surface area contributed by atoms with E-state index in [1.54, 1.807) is 0 Å². The summed E-state index contributed by atoms with van der Waals surface area (Å²) < 4.78 is 6.23. The summed E-state index contributed by atoms with van der Waals surface area (Å²) in [5.41, 5.74) is 2.41. The Labute approximate surface area is 211 Å². The molecule has 0 radical (unpaired) electrons. The number of carboxylic acid groups (broad SMARTS) is 1. The summed E-state index contributed by atoms with van der Waals surface area (Å²) in [4.78, 5) is 37.4. The topological polar surface area (TPSA) is 105 Å². The Morgan fingerprint density at radius 2 is 1.35 bits per heavy atom. The molecule has 0 aliphatic rings. The molecule has 0 aliphatic carbocycles. The summed E-state index contributed by atoms with van der Waals surface area (Å²) in [6, 6.07) is 23.6. The SMILES string of the molecule is O=C(N[C@@H](Cc1ccccc1)C(=O)N[C@H](Cc1cccc(I)c1)C(=O)O)OCc1ccccc1. The maximum Gasteiger partial charge on any atom is 0.408 e. The molecule has 0 aliphatic heterocycles. The second-order valence-corrected chi connectivity index (χ2v) is 8.93. The second-order valence-electron chi connectivity index (χ2n) is 7.68. The number of carbonyl (C=O) groups is 3. The van der Waals surface area contributed by atoms with Crippen LogP contribution in [0.5, 0.6) is 0 Å². The van der Waals surface area contributed by atoms with Gasteiger partial charge in [0.15, 0.2) is 0 Å². The third-order valence-corrected chi connectivity index (χ3v) is 5.72. The van der Waals surface area contributed by atoms with E-state index in [1.807, 2.05) is 84.9 Å². The van der Waals surface area contributed by atoms with E-state index < -0.39 is 30.1 Å². The van der Waals surface area contributed by atoms with Gasteiger partial charge in [0.25, 0.3) is 0 Å². The number of hydrogen-bond acceptors (Lipinski definition) is 4. The molecule has 3 aromatic carbocycles. The molecule has 0 fully saturated rings. The molecule has 0 saturated carbocycles. The highest BCUT2D eigenvalue weighted by molar-refractivity contribution is 14.1. The Bertz CT molecular complexity index is 1110. The molecule has 8 heteroatoms. The number of amides is 2. The molecule has 3 aromatic rings. The first-order valence-electron chi connectivity index (χ1n) is 10.7. The summed E-state index contributed by atoms with van der Waals surface area (Å²) in [6.45, 7) is 0.0523. The third kappa shape index (κ3) is 8.18. The molecule has 176 valence electrons. The number of alkyl carbamates (subject to hydrolysis) is 1. The summed E-state index contributed by atoms with van der Waals surface area (Å²) in [7, 11) is 0. The lowest BCUT2D eigenvalue weighted by Crippen LogP contribution is -2.53. The average Bonchev–Trinajstić information content (AvgIpc) is 2.83. The molecule has 3 rings (SSSR count). The van der Waals surface area contributed by atoms with Gasteiger partial charge in [-0.2, -0.15) is 0 Å². The van der Waals surface area contributed by atoms with Gasteiger partial charge in [-0.1, -0.05) is 72.8 Å². The molecule has 3 N–H and O–H groups in total. The Hall–Kier alpha value is -3.40. The van der Waals surface area contributed by atoms with Crippen LogP contribution in [0.1, 0.15) is 16.7 Å². The highest BCUT2D eigenvalue weighted by Crippen LogP contribution is 2.11. The number of rotatable bonds is 10. The standard InChI is InChI=1S/C26H25IN2O5/c27-21-13-7-12-20(14-21)16-23(25(31)32)28-24(30)22(15-18-8-3-1-4-9-18)29-26(33)34-17-19-10-5-2-6-11-19/h1-14,22-23H,15-17H2,(H,28,30)(H,29,33)(H,31,32)/t22-,23+/m0/s1.